The fourth-order valence-electron chi connectivity index (χ4n) is 5.88. The summed E-state index contributed by atoms with van der Waals surface area (Å²) in [6, 6.07) is 20.9. The predicted octanol–water partition coefficient (Wildman–Crippen LogP) is 6.81. The fraction of sp³-hybridized carbons (Fsp3) is 0.273. The van der Waals surface area contributed by atoms with Crippen LogP contribution in [0.15, 0.2) is 95.3 Å². The van der Waals surface area contributed by atoms with Gasteiger partial charge in [0.25, 0.3) is 5.91 Å². The molecule has 5 rings (SSSR count). The summed E-state index contributed by atoms with van der Waals surface area (Å²) in [7, 11) is 0. The molecule has 0 fully saturated rings. The number of rotatable bonds is 7. The van der Waals surface area contributed by atoms with Crippen molar-refractivity contribution in [3.05, 3.63) is 118 Å². The van der Waals surface area contributed by atoms with E-state index < -0.39 is 23.5 Å². The summed E-state index contributed by atoms with van der Waals surface area (Å²) in [5.74, 6) is -2.76. The number of benzene rings is 3. The van der Waals surface area contributed by atoms with E-state index in [1.807, 2.05) is 54.6 Å². The Morgan fingerprint density at radius 2 is 1.65 bits per heavy atom. The monoisotopic (exact) mass is 541 g/mol. The quantitative estimate of drug-likeness (QED) is 0.345. The van der Waals surface area contributed by atoms with Gasteiger partial charge in [0, 0.05) is 59.7 Å². The largest absolute Gasteiger partial charge is 0.372 e. The topological polar surface area (TPSA) is 61.4 Å². The third kappa shape index (κ3) is 5.28. The van der Waals surface area contributed by atoms with E-state index in [9.17, 15) is 18.4 Å². The molecule has 3 aromatic rings. The second-order valence-corrected chi connectivity index (χ2v) is 10.3. The van der Waals surface area contributed by atoms with Crippen LogP contribution in [0.4, 0.5) is 20.2 Å². The van der Waals surface area contributed by atoms with Crippen molar-refractivity contribution in [1.29, 1.82) is 0 Å². The standard InChI is InChI=1S/C33H33F2N3O2/c1-4-38(5-2)25-14-11-22(12-15-25)31-30(33(40)37-27-16-13-24(34)19-26(27)35)20(3)36-28-17-23(18-29(39)32(28)31)21-9-7-6-8-10-21/h6-16,19,23,31,36H,4-5,17-18H2,1-3H3,(H,37,40). The van der Waals surface area contributed by atoms with Gasteiger partial charge in [-0.3, -0.25) is 9.59 Å². The zero-order valence-electron chi connectivity index (χ0n) is 22.9. The Hall–Kier alpha value is -4.26. The van der Waals surface area contributed by atoms with E-state index in [0.29, 0.717) is 29.7 Å². The van der Waals surface area contributed by atoms with Crippen LogP contribution in [-0.4, -0.2) is 24.8 Å². The Kier molecular flexibility index (Phi) is 7.83. The van der Waals surface area contributed by atoms with Gasteiger partial charge in [0.1, 0.15) is 11.6 Å². The van der Waals surface area contributed by atoms with Gasteiger partial charge in [0.15, 0.2) is 5.78 Å². The van der Waals surface area contributed by atoms with Crippen LogP contribution in [0.5, 0.6) is 0 Å². The molecule has 1 amide bonds. The lowest BCUT2D eigenvalue weighted by Crippen LogP contribution is -2.37. The van der Waals surface area contributed by atoms with E-state index in [2.05, 4.69) is 29.4 Å². The zero-order chi connectivity index (χ0) is 28.4. The van der Waals surface area contributed by atoms with Crippen LogP contribution in [0.3, 0.4) is 0 Å². The number of anilines is 2. The molecule has 0 aromatic heterocycles. The van der Waals surface area contributed by atoms with Gasteiger partial charge in [-0.25, -0.2) is 8.78 Å². The molecule has 2 unspecified atom stereocenters. The maximum Gasteiger partial charge on any atom is 0.254 e. The molecule has 206 valence electrons. The van der Waals surface area contributed by atoms with E-state index in [1.165, 1.54) is 6.07 Å². The van der Waals surface area contributed by atoms with E-state index in [1.54, 1.807) is 6.92 Å². The fourth-order valence-corrected chi connectivity index (χ4v) is 5.88. The SMILES string of the molecule is CCN(CC)c1ccc(C2C(C(=O)Nc3ccc(F)cc3F)=C(C)NC3=C2C(=O)CC(c2ccccc2)C3)cc1. The summed E-state index contributed by atoms with van der Waals surface area (Å²) < 4.78 is 28.0. The van der Waals surface area contributed by atoms with Crippen molar-refractivity contribution in [2.75, 3.05) is 23.3 Å². The molecule has 0 spiro atoms. The minimum absolute atomic E-state index is 0.0221. The van der Waals surface area contributed by atoms with E-state index in [-0.39, 0.29) is 17.4 Å². The third-order valence-corrected chi connectivity index (χ3v) is 7.88. The second kappa shape index (κ2) is 11.5. The van der Waals surface area contributed by atoms with Crippen LogP contribution in [0, 0.1) is 11.6 Å². The molecule has 2 aliphatic rings. The molecule has 1 aliphatic carbocycles. The van der Waals surface area contributed by atoms with Gasteiger partial charge in [0.05, 0.1) is 5.69 Å². The summed E-state index contributed by atoms with van der Waals surface area (Å²) in [6.07, 6.45) is 0.969. The average molecular weight is 542 g/mol. The number of dihydropyridines is 1. The molecule has 2 N–H and O–H groups in total. The number of hydrogen-bond acceptors (Lipinski definition) is 4. The summed E-state index contributed by atoms with van der Waals surface area (Å²) >= 11 is 0. The molecule has 0 saturated carbocycles. The van der Waals surface area contributed by atoms with Crippen LogP contribution >= 0.6 is 0 Å². The minimum atomic E-state index is -0.866. The van der Waals surface area contributed by atoms with E-state index in [4.69, 9.17) is 0 Å². The summed E-state index contributed by atoms with van der Waals surface area (Å²) in [4.78, 5) is 29.8. The number of amides is 1. The number of Topliss-reactive ketones (excluding diaryl/α,β-unsaturated/α-hetero) is 1. The first-order chi connectivity index (χ1) is 19.3. The molecule has 0 bridgehead atoms. The third-order valence-electron chi connectivity index (χ3n) is 7.88. The molecule has 1 aliphatic heterocycles. The maximum atomic E-state index is 14.5. The van der Waals surface area contributed by atoms with Crippen molar-refractivity contribution < 1.29 is 18.4 Å². The van der Waals surface area contributed by atoms with Crippen molar-refractivity contribution in [3.8, 4) is 0 Å². The molecule has 0 saturated heterocycles. The highest BCUT2D eigenvalue weighted by Gasteiger charge is 2.41. The Bertz CT molecular complexity index is 1490. The molecular weight excluding hydrogens is 508 g/mol. The molecule has 0 radical (unpaired) electrons. The number of hydrogen-bond donors (Lipinski definition) is 2. The lowest BCUT2D eigenvalue weighted by atomic mass is 9.71. The Morgan fingerprint density at radius 3 is 2.30 bits per heavy atom. The normalized spacial score (nSPS) is 18.8. The Morgan fingerprint density at radius 1 is 0.950 bits per heavy atom. The van der Waals surface area contributed by atoms with Gasteiger partial charge in [-0.15, -0.1) is 0 Å². The first-order valence-electron chi connectivity index (χ1n) is 13.7. The van der Waals surface area contributed by atoms with Crippen LogP contribution in [0.1, 0.15) is 56.6 Å². The predicted molar refractivity (Wildman–Crippen MR) is 154 cm³/mol. The summed E-state index contributed by atoms with van der Waals surface area (Å²) in [5.41, 5.74) is 5.14. The van der Waals surface area contributed by atoms with Crippen molar-refractivity contribution in [2.24, 2.45) is 0 Å². The van der Waals surface area contributed by atoms with Crippen molar-refractivity contribution in [1.82, 2.24) is 5.32 Å². The van der Waals surface area contributed by atoms with Crippen molar-refractivity contribution in [2.45, 2.75) is 45.4 Å². The molecule has 2 atom stereocenters. The Balaban J connectivity index is 1.56. The highest BCUT2D eigenvalue weighted by atomic mass is 19.1. The van der Waals surface area contributed by atoms with Crippen LogP contribution in [-0.2, 0) is 9.59 Å². The number of carbonyl (C=O) groups excluding carboxylic acids is 2. The Labute approximate surface area is 233 Å². The lowest BCUT2D eigenvalue weighted by molar-refractivity contribution is -0.116. The maximum absolute atomic E-state index is 14.5. The first kappa shape index (κ1) is 27.3. The van der Waals surface area contributed by atoms with Gasteiger partial charge in [-0.2, -0.15) is 0 Å². The average Bonchev–Trinajstić information content (AvgIpc) is 2.95. The second-order valence-electron chi connectivity index (χ2n) is 10.3. The van der Waals surface area contributed by atoms with Gasteiger partial charge < -0.3 is 15.5 Å². The van der Waals surface area contributed by atoms with Gasteiger partial charge >= 0.3 is 0 Å². The first-order valence-corrected chi connectivity index (χ1v) is 13.7. The van der Waals surface area contributed by atoms with Crippen LogP contribution in [0.2, 0.25) is 0 Å². The number of nitrogens with zero attached hydrogens (tertiary/aromatic N) is 1. The molecule has 1 heterocycles. The van der Waals surface area contributed by atoms with Crippen LogP contribution in [0.25, 0.3) is 0 Å². The molecule has 5 nitrogen and oxygen atoms in total. The minimum Gasteiger partial charge on any atom is -0.372 e. The summed E-state index contributed by atoms with van der Waals surface area (Å²) in [5, 5.41) is 5.96. The molecular formula is C33H33F2N3O2. The van der Waals surface area contributed by atoms with Crippen molar-refractivity contribution in [3.63, 3.8) is 0 Å². The lowest BCUT2D eigenvalue weighted by Gasteiger charge is -2.37. The van der Waals surface area contributed by atoms with Gasteiger partial charge in [0.2, 0.25) is 0 Å². The van der Waals surface area contributed by atoms with Gasteiger partial charge in [-0.05, 0) is 68.5 Å². The number of carbonyl (C=O) groups is 2. The van der Waals surface area contributed by atoms with E-state index in [0.717, 1.165) is 47.7 Å². The summed E-state index contributed by atoms with van der Waals surface area (Å²) in [6.45, 7) is 7.69. The molecule has 7 heteroatoms. The number of ketones is 1. The van der Waals surface area contributed by atoms with Crippen LogP contribution < -0.4 is 15.5 Å². The van der Waals surface area contributed by atoms with E-state index >= 15 is 0 Å². The zero-order valence-corrected chi connectivity index (χ0v) is 22.9. The number of halogens is 2. The molecule has 3 aromatic carbocycles. The smallest absolute Gasteiger partial charge is 0.254 e. The number of nitrogens with one attached hydrogen (secondary N) is 2. The van der Waals surface area contributed by atoms with Crippen molar-refractivity contribution >= 4 is 23.1 Å². The molecule has 40 heavy (non-hydrogen) atoms. The van der Waals surface area contributed by atoms with Gasteiger partial charge in [-0.1, -0.05) is 42.5 Å². The highest BCUT2D eigenvalue weighted by Crippen LogP contribution is 2.46. The number of allylic oxidation sites excluding steroid dienone is 3. The highest BCUT2D eigenvalue weighted by molar-refractivity contribution is 6.10.